The average Bonchev–Trinajstić information content (AvgIpc) is 3.10. The molecule has 96 valence electrons. The Hall–Kier alpha value is -0.920. The summed E-state index contributed by atoms with van der Waals surface area (Å²) in [6.45, 7) is 0. The number of rotatable bonds is 4. The Labute approximate surface area is 113 Å². The van der Waals surface area contributed by atoms with Crippen molar-refractivity contribution < 1.29 is 9.26 Å². The van der Waals surface area contributed by atoms with Gasteiger partial charge >= 0.3 is 0 Å². The van der Waals surface area contributed by atoms with Crippen molar-refractivity contribution in [3.05, 3.63) is 28.3 Å². The van der Waals surface area contributed by atoms with Crippen molar-refractivity contribution in [2.24, 2.45) is 0 Å². The molecule has 0 aromatic carbocycles. The van der Waals surface area contributed by atoms with Crippen LogP contribution < -0.4 is 0 Å². The lowest BCUT2D eigenvalue weighted by molar-refractivity contribution is -0.000227. The lowest BCUT2D eigenvalue weighted by Crippen LogP contribution is -2.29. The summed E-state index contributed by atoms with van der Waals surface area (Å²) in [6.07, 6.45) is 1.52. The maximum Gasteiger partial charge on any atom is 0.232 e. The summed E-state index contributed by atoms with van der Waals surface area (Å²) in [4.78, 5) is 8.67. The van der Waals surface area contributed by atoms with Gasteiger partial charge in [-0.05, 0) is 12.2 Å². The molecule has 5 nitrogen and oxygen atoms in total. The highest BCUT2D eigenvalue weighted by atomic mass is 32.2. The Morgan fingerprint density at radius 3 is 3.17 bits per heavy atom. The van der Waals surface area contributed by atoms with Crippen LogP contribution in [0.3, 0.4) is 0 Å². The van der Waals surface area contributed by atoms with Crippen molar-refractivity contribution in [2.75, 3.05) is 18.6 Å². The van der Waals surface area contributed by atoms with Crippen LogP contribution in [0, 0.1) is 0 Å². The lowest BCUT2D eigenvalue weighted by atomic mass is 10.0. The Bertz CT molecular complexity index is 506. The van der Waals surface area contributed by atoms with E-state index >= 15 is 0 Å². The van der Waals surface area contributed by atoms with E-state index in [0.29, 0.717) is 18.1 Å². The summed E-state index contributed by atoms with van der Waals surface area (Å²) >= 11 is 3.42. The van der Waals surface area contributed by atoms with Crippen molar-refractivity contribution in [1.29, 1.82) is 0 Å². The molecule has 1 fully saturated rings. The summed E-state index contributed by atoms with van der Waals surface area (Å²) in [5, 5.41) is 6.06. The lowest BCUT2D eigenvalue weighted by Gasteiger charge is -2.21. The molecule has 1 aliphatic heterocycles. The Morgan fingerprint density at radius 2 is 2.50 bits per heavy atom. The van der Waals surface area contributed by atoms with E-state index in [1.807, 2.05) is 17.1 Å². The second kappa shape index (κ2) is 4.99. The highest BCUT2D eigenvalue weighted by Crippen LogP contribution is 2.38. The molecule has 1 saturated heterocycles. The Kier molecular flexibility index (Phi) is 3.36. The largest absolute Gasteiger partial charge is 0.369 e. The van der Waals surface area contributed by atoms with Crippen LogP contribution >= 0.6 is 23.1 Å². The van der Waals surface area contributed by atoms with Gasteiger partial charge in [-0.1, -0.05) is 5.16 Å². The van der Waals surface area contributed by atoms with Gasteiger partial charge in [-0.15, -0.1) is 11.3 Å². The van der Waals surface area contributed by atoms with Crippen molar-refractivity contribution in [2.45, 2.75) is 18.4 Å². The first-order valence-electron chi connectivity index (χ1n) is 5.65. The highest BCUT2D eigenvalue weighted by molar-refractivity contribution is 7.99. The molecule has 3 heterocycles. The molecule has 1 atom stereocenters. The van der Waals surface area contributed by atoms with E-state index in [9.17, 15) is 0 Å². The van der Waals surface area contributed by atoms with Crippen molar-refractivity contribution >= 4 is 23.1 Å². The van der Waals surface area contributed by atoms with Gasteiger partial charge < -0.3 is 9.26 Å². The third-order valence-electron chi connectivity index (χ3n) is 3.07. The highest BCUT2D eigenvalue weighted by Gasteiger charge is 2.40. The van der Waals surface area contributed by atoms with Crippen LogP contribution in [-0.4, -0.2) is 33.7 Å². The van der Waals surface area contributed by atoms with Gasteiger partial charge in [-0.3, -0.25) is 0 Å². The fraction of sp³-hybridized carbons (Fsp3) is 0.545. The molecule has 18 heavy (non-hydrogen) atoms. The summed E-state index contributed by atoms with van der Waals surface area (Å²) in [6, 6.07) is 0. The van der Waals surface area contributed by atoms with E-state index in [1.165, 1.54) is 0 Å². The molecule has 2 aromatic heterocycles. The fourth-order valence-electron chi connectivity index (χ4n) is 1.97. The molecule has 0 radical (unpaired) electrons. The van der Waals surface area contributed by atoms with E-state index in [-0.39, 0.29) is 5.60 Å². The predicted molar refractivity (Wildman–Crippen MR) is 69.8 cm³/mol. The number of ether oxygens (including phenoxy) is 1. The van der Waals surface area contributed by atoms with Crippen LogP contribution in [0.1, 0.15) is 23.8 Å². The molecule has 0 saturated carbocycles. The number of thioether (sulfide) groups is 1. The van der Waals surface area contributed by atoms with Gasteiger partial charge in [-0.2, -0.15) is 16.7 Å². The molecule has 0 aliphatic carbocycles. The maximum atomic E-state index is 5.61. The van der Waals surface area contributed by atoms with Gasteiger partial charge in [0, 0.05) is 18.2 Å². The predicted octanol–water partition coefficient (Wildman–Crippen LogP) is 2.10. The van der Waals surface area contributed by atoms with Crippen LogP contribution in [0.2, 0.25) is 0 Å². The number of methoxy groups -OCH3 is 1. The van der Waals surface area contributed by atoms with Gasteiger partial charge in [0.15, 0.2) is 0 Å². The minimum atomic E-state index is -0.367. The zero-order valence-electron chi connectivity index (χ0n) is 9.96. The number of thiazole rings is 1. The van der Waals surface area contributed by atoms with Gasteiger partial charge in [0.1, 0.15) is 5.60 Å². The van der Waals surface area contributed by atoms with E-state index in [0.717, 1.165) is 23.6 Å². The second-order valence-corrected chi connectivity index (χ2v) is 5.99. The zero-order chi connectivity index (χ0) is 12.4. The molecular formula is C11H13N3O2S2. The first-order valence-corrected chi connectivity index (χ1v) is 7.75. The fourth-order valence-corrected chi connectivity index (χ4v) is 3.86. The van der Waals surface area contributed by atoms with Crippen molar-refractivity contribution in [1.82, 2.24) is 15.1 Å². The van der Waals surface area contributed by atoms with Crippen molar-refractivity contribution in [3.63, 3.8) is 0 Å². The first-order chi connectivity index (χ1) is 8.82. The summed E-state index contributed by atoms with van der Waals surface area (Å²) in [5.74, 6) is 3.23. The van der Waals surface area contributed by atoms with Crippen LogP contribution in [0.25, 0.3) is 0 Å². The second-order valence-electron chi connectivity index (χ2n) is 4.17. The number of aromatic nitrogens is 3. The molecular weight excluding hydrogens is 270 g/mol. The SMILES string of the molecule is COC1(c2noc(Cc3cscn3)n2)CCSC1. The Morgan fingerprint density at radius 1 is 1.56 bits per heavy atom. The third-order valence-corrected chi connectivity index (χ3v) is 4.87. The normalized spacial score (nSPS) is 23.6. The summed E-state index contributed by atoms with van der Waals surface area (Å²) in [5.41, 5.74) is 2.40. The Balaban J connectivity index is 1.80. The van der Waals surface area contributed by atoms with Crippen LogP contribution in [0.15, 0.2) is 15.4 Å². The number of nitrogens with zero attached hydrogens (tertiary/aromatic N) is 3. The average molecular weight is 283 g/mol. The minimum Gasteiger partial charge on any atom is -0.369 e. The van der Waals surface area contributed by atoms with Crippen molar-refractivity contribution in [3.8, 4) is 0 Å². The number of hydrogen-bond acceptors (Lipinski definition) is 7. The van der Waals surface area contributed by atoms with Crippen LogP contribution in [0.5, 0.6) is 0 Å². The molecule has 0 spiro atoms. The quantitative estimate of drug-likeness (QED) is 0.856. The first kappa shape index (κ1) is 12.1. The van der Waals surface area contributed by atoms with Crippen LogP contribution in [-0.2, 0) is 16.8 Å². The molecule has 1 unspecified atom stereocenters. The summed E-state index contributed by atoms with van der Waals surface area (Å²) in [7, 11) is 1.71. The van der Waals surface area contributed by atoms with E-state index in [4.69, 9.17) is 9.26 Å². The monoisotopic (exact) mass is 283 g/mol. The van der Waals surface area contributed by atoms with Gasteiger partial charge in [0.25, 0.3) is 0 Å². The van der Waals surface area contributed by atoms with E-state index < -0.39 is 0 Å². The van der Waals surface area contributed by atoms with Gasteiger partial charge in [0.2, 0.25) is 11.7 Å². The molecule has 0 N–H and O–H groups in total. The van der Waals surface area contributed by atoms with Crippen LogP contribution in [0.4, 0.5) is 0 Å². The van der Waals surface area contributed by atoms with E-state index in [1.54, 1.807) is 24.0 Å². The van der Waals surface area contributed by atoms with Gasteiger partial charge in [-0.25, -0.2) is 4.98 Å². The standard InChI is InChI=1S/C11H13N3O2S2/c1-15-11(2-3-17-6-11)10-13-9(16-14-10)4-8-5-18-7-12-8/h5,7H,2-4,6H2,1H3. The molecule has 0 amide bonds. The van der Waals surface area contributed by atoms with Gasteiger partial charge in [0.05, 0.1) is 17.6 Å². The third kappa shape index (κ3) is 2.17. The molecule has 2 aromatic rings. The number of hydrogen-bond donors (Lipinski definition) is 0. The molecule has 3 rings (SSSR count). The minimum absolute atomic E-state index is 0.367. The summed E-state index contributed by atoms with van der Waals surface area (Å²) < 4.78 is 10.9. The maximum absolute atomic E-state index is 5.61. The molecule has 7 heteroatoms. The molecule has 1 aliphatic rings. The molecule has 0 bridgehead atoms. The smallest absolute Gasteiger partial charge is 0.232 e. The van der Waals surface area contributed by atoms with E-state index in [2.05, 4.69) is 15.1 Å². The topological polar surface area (TPSA) is 61.0 Å². The zero-order valence-corrected chi connectivity index (χ0v) is 11.6.